The van der Waals surface area contributed by atoms with Gasteiger partial charge in [-0.15, -0.1) is 0 Å². The van der Waals surface area contributed by atoms with Crippen molar-refractivity contribution in [3.05, 3.63) is 65.9 Å². The first-order valence-corrected chi connectivity index (χ1v) is 9.07. The van der Waals surface area contributed by atoms with Crippen molar-refractivity contribution in [3.8, 4) is 22.8 Å². The minimum absolute atomic E-state index is 0.0947. The molecule has 1 heterocycles. The lowest BCUT2D eigenvalue weighted by molar-refractivity contribution is -0.134. The van der Waals surface area contributed by atoms with Gasteiger partial charge in [0.05, 0.1) is 17.8 Å². The number of hydrogen-bond acceptors (Lipinski definition) is 5. The molecule has 6 nitrogen and oxygen atoms in total. The molecular formula is C22H22N2O4. The van der Waals surface area contributed by atoms with Crippen LogP contribution in [0.2, 0.25) is 0 Å². The lowest BCUT2D eigenvalue weighted by Crippen LogP contribution is -2.12. The van der Waals surface area contributed by atoms with Crippen LogP contribution in [-0.2, 0) is 29.5 Å². The zero-order chi connectivity index (χ0) is 20.1. The zero-order valence-electron chi connectivity index (χ0n) is 16.1. The second kappa shape index (κ2) is 8.52. The molecule has 28 heavy (non-hydrogen) atoms. The third-order valence-electron chi connectivity index (χ3n) is 4.26. The fourth-order valence-corrected chi connectivity index (χ4v) is 3.14. The molecule has 0 fully saturated rings. The monoisotopic (exact) mass is 378 g/mol. The predicted molar refractivity (Wildman–Crippen MR) is 105 cm³/mol. The van der Waals surface area contributed by atoms with E-state index in [1.807, 2.05) is 44.3 Å². The zero-order valence-corrected chi connectivity index (χ0v) is 16.1. The molecule has 0 saturated carbocycles. The number of para-hydroxylation sites is 1. The Hall–Kier alpha value is -3.41. The quantitative estimate of drug-likeness (QED) is 0.483. The van der Waals surface area contributed by atoms with E-state index in [0.29, 0.717) is 17.2 Å². The van der Waals surface area contributed by atoms with Crippen LogP contribution in [0.4, 0.5) is 0 Å². The number of hydrogen-bond donors (Lipinski definition) is 0. The average molecular weight is 378 g/mol. The van der Waals surface area contributed by atoms with Gasteiger partial charge in [-0.2, -0.15) is 5.10 Å². The molecule has 0 aliphatic carbocycles. The van der Waals surface area contributed by atoms with E-state index in [1.54, 1.807) is 28.9 Å². The Bertz CT molecular complexity index is 976. The summed E-state index contributed by atoms with van der Waals surface area (Å²) in [6.45, 7) is 3.39. The van der Waals surface area contributed by atoms with Gasteiger partial charge in [-0.25, -0.2) is 0 Å². The lowest BCUT2D eigenvalue weighted by atomic mass is 10.0. The Kier molecular flexibility index (Phi) is 5.89. The van der Waals surface area contributed by atoms with E-state index in [9.17, 15) is 9.59 Å². The molecule has 3 rings (SSSR count). The Morgan fingerprint density at radius 1 is 0.964 bits per heavy atom. The van der Waals surface area contributed by atoms with Gasteiger partial charge < -0.3 is 9.47 Å². The van der Waals surface area contributed by atoms with Gasteiger partial charge in [0.1, 0.15) is 11.5 Å². The molecule has 0 aliphatic rings. The third kappa shape index (κ3) is 4.46. The maximum atomic E-state index is 12.3. The fourth-order valence-electron chi connectivity index (χ4n) is 3.14. The fraction of sp³-hybridized carbons (Fsp3) is 0.227. The molecule has 1 aromatic heterocycles. The summed E-state index contributed by atoms with van der Waals surface area (Å²) in [5, 5.41) is 4.54. The number of carbonyl (C=O) groups is 2. The van der Waals surface area contributed by atoms with Gasteiger partial charge in [0.2, 0.25) is 0 Å². The van der Waals surface area contributed by atoms with E-state index in [2.05, 4.69) is 5.10 Å². The lowest BCUT2D eigenvalue weighted by Gasteiger charge is -2.07. The molecule has 3 aromatic rings. The van der Waals surface area contributed by atoms with Gasteiger partial charge in [0, 0.05) is 25.1 Å². The van der Waals surface area contributed by atoms with Gasteiger partial charge in [-0.05, 0) is 42.8 Å². The molecule has 0 spiro atoms. The molecular weight excluding hydrogens is 356 g/mol. The summed E-state index contributed by atoms with van der Waals surface area (Å²) in [5.74, 6) is 0.295. The van der Waals surface area contributed by atoms with Crippen LogP contribution in [0, 0.1) is 0 Å². The molecule has 0 saturated heterocycles. The Labute approximate surface area is 163 Å². The minimum Gasteiger partial charge on any atom is -0.427 e. The van der Waals surface area contributed by atoms with Crippen molar-refractivity contribution in [2.45, 2.75) is 26.7 Å². The Balaban J connectivity index is 1.83. The smallest absolute Gasteiger partial charge is 0.317 e. The van der Waals surface area contributed by atoms with Gasteiger partial charge in [-0.1, -0.05) is 25.1 Å². The number of aryl methyl sites for hydroxylation is 1. The number of carbonyl (C=O) groups excluding carboxylic acids is 2. The first-order valence-electron chi connectivity index (χ1n) is 9.07. The van der Waals surface area contributed by atoms with Crippen LogP contribution < -0.4 is 9.47 Å². The average Bonchev–Trinajstić information content (AvgIpc) is 2.97. The number of esters is 2. The maximum Gasteiger partial charge on any atom is 0.317 e. The van der Waals surface area contributed by atoms with E-state index >= 15 is 0 Å². The van der Waals surface area contributed by atoms with Crippen LogP contribution in [0.15, 0.2) is 54.6 Å². The highest BCUT2D eigenvalue weighted by molar-refractivity contribution is 5.77. The molecule has 0 atom stereocenters. The maximum absolute atomic E-state index is 12.3. The van der Waals surface area contributed by atoms with Crippen molar-refractivity contribution in [2.75, 3.05) is 0 Å². The van der Waals surface area contributed by atoms with Crippen LogP contribution in [0.25, 0.3) is 11.3 Å². The van der Waals surface area contributed by atoms with Crippen molar-refractivity contribution < 1.29 is 19.1 Å². The number of benzene rings is 2. The van der Waals surface area contributed by atoms with Crippen LogP contribution in [0.5, 0.6) is 11.5 Å². The Morgan fingerprint density at radius 3 is 2.21 bits per heavy atom. The van der Waals surface area contributed by atoms with Crippen molar-refractivity contribution in [2.24, 2.45) is 7.05 Å². The second-order valence-corrected chi connectivity index (χ2v) is 6.33. The summed E-state index contributed by atoms with van der Waals surface area (Å²) >= 11 is 0. The third-order valence-corrected chi connectivity index (χ3v) is 4.26. The largest absolute Gasteiger partial charge is 0.427 e. The van der Waals surface area contributed by atoms with Gasteiger partial charge in [-0.3, -0.25) is 14.3 Å². The number of aromatic nitrogens is 2. The first kappa shape index (κ1) is 19.4. The van der Waals surface area contributed by atoms with E-state index in [0.717, 1.165) is 23.2 Å². The molecule has 0 amide bonds. The second-order valence-electron chi connectivity index (χ2n) is 6.33. The molecule has 2 aromatic carbocycles. The summed E-state index contributed by atoms with van der Waals surface area (Å²) in [6.07, 6.45) is 0.820. The molecule has 6 heteroatoms. The number of rotatable bonds is 6. The summed E-state index contributed by atoms with van der Waals surface area (Å²) in [5.41, 5.74) is 3.56. The highest BCUT2D eigenvalue weighted by atomic mass is 16.5. The van der Waals surface area contributed by atoms with Crippen LogP contribution in [0.1, 0.15) is 25.1 Å². The van der Waals surface area contributed by atoms with E-state index in [1.165, 1.54) is 6.92 Å². The van der Waals surface area contributed by atoms with E-state index < -0.39 is 0 Å². The summed E-state index contributed by atoms with van der Waals surface area (Å²) in [6, 6.07) is 16.2. The predicted octanol–water partition coefficient (Wildman–Crippen LogP) is 3.72. The topological polar surface area (TPSA) is 70.4 Å². The van der Waals surface area contributed by atoms with E-state index in [4.69, 9.17) is 9.47 Å². The Morgan fingerprint density at radius 2 is 1.61 bits per heavy atom. The summed E-state index contributed by atoms with van der Waals surface area (Å²) in [7, 11) is 1.85. The molecule has 0 N–H and O–H groups in total. The van der Waals surface area contributed by atoms with E-state index in [-0.39, 0.29) is 18.4 Å². The molecule has 0 bridgehead atoms. The van der Waals surface area contributed by atoms with Crippen LogP contribution in [0.3, 0.4) is 0 Å². The SMILES string of the molecule is CCc1c(CC(=O)Oc2ccccc2)nn(C)c1-c1ccc(OC(C)=O)cc1. The molecule has 0 radical (unpaired) electrons. The van der Waals surface area contributed by atoms with Crippen molar-refractivity contribution in [1.82, 2.24) is 9.78 Å². The summed E-state index contributed by atoms with van der Waals surface area (Å²) in [4.78, 5) is 23.4. The van der Waals surface area contributed by atoms with Gasteiger partial charge in [0.15, 0.2) is 0 Å². The van der Waals surface area contributed by atoms with Crippen molar-refractivity contribution in [1.29, 1.82) is 0 Å². The highest BCUT2D eigenvalue weighted by Crippen LogP contribution is 2.28. The highest BCUT2D eigenvalue weighted by Gasteiger charge is 2.19. The van der Waals surface area contributed by atoms with Gasteiger partial charge in [0.25, 0.3) is 0 Å². The number of nitrogens with zero attached hydrogens (tertiary/aromatic N) is 2. The molecule has 0 unspecified atom stereocenters. The minimum atomic E-state index is -0.359. The first-order chi connectivity index (χ1) is 13.5. The van der Waals surface area contributed by atoms with Crippen molar-refractivity contribution in [3.63, 3.8) is 0 Å². The number of ether oxygens (including phenoxy) is 2. The molecule has 144 valence electrons. The van der Waals surface area contributed by atoms with Crippen LogP contribution >= 0.6 is 0 Å². The van der Waals surface area contributed by atoms with Crippen LogP contribution in [-0.4, -0.2) is 21.7 Å². The van der Waals surface area contributed by atoms with Crippen molar-refractivity contribution >= 4 is 11.9 Å². The van der Waals surface area contributed by atoms with Gasteiger partial charge >= 0.3 is 11.9 Å². The normalized spacial score (nSPS) is 10.5. The molecule has 0 aliphatic heterocycles. The standard InChI is InChI=1S/C22H22N2O4/c1-4-19-20(14-21(26)28-17-8-6-5-7-9-17)23-24(3)22(19)16-10-12-18(13-11-16)27-15(2)25/h5-13H,4,14H2,1-3H3. The summed E-state index contributed by atoms with van der Waals surface area (Å²) < 4.78 is 12.2.